The van der Waals surface area contributed by atoms with E-state index < -0.39 is 11.9 Å². The number of aryl methyl sites for hydroxylation is 1. The normalized spacial score (nSPS) is 10.7. The van der Waals surface area contributed by atoms with E-state index in [9.17, 15) is 14.9 Å². The Labute approximate surface area is 145 Å². The molecule has 25 heavy (non-hydrogen) atoms. The minimum absolute atomic E-state index is 0.0473. The third kappa shape index (κ3) is 4.45. The van der Waals surface area contributed by atoms with Crippen LogP contribution in [-0.4, -0.2) is 24.1 Å². The van der Waals surface area contributed by atoms with Crippen LogP contribution in [0.4, 0.5) is 5.69 Å². The molecular formula is C19H16N2O4. The van der Waals surface area contributed by atoms with E-state index >= 15 is 0 Å². The molecule has 0 saturated heterocycles. The number of amides is 1. The first kappa shape index (κ1) is 17.8. The van der Waals surface area contributed by atoms with E-state index in [1.807, 2.05) is 13.0 Å². The summed E-state index contributed by atoms with van der Waals surface area (Å²) in [6.07, 6.45) is 1.46. The second-order valence-corrected chi connectivity index (χ2v) is 5.24. The highest BCUT2D eigenvalue weighted by molar-refractivity contribution is 6.10. The number of nitrogens with zero attached hydrogens (tertiary/aromatic N) is 1. The van der Waals surface area contributed by atoms with Gasteiger partial charge >= 0.3 is 5.97 Å². The molecule has 0 aliphatic carbocycles. The SMILES string of the molecule is COc1ccc(/C=C(/C#N)C(=O)Nc2cccc(C(=O)O)c2)cc1C. The molecule has 6 heteroatoms. The maximum atomic E-state index is 12.3. The smallest absolute Gasteiger partial charge is 0.335 e. The van der Waals surface area contributed by atoms with Crippen LogP contribution in [0.15, 0.2) is 48.0 Å². The first-order valence-electron chi connectivity index (χ1n) is 7.35. The van der Waals surface area contributed by atoms with Gasteiger partial charge in [-0.05, 0) is 54.5 Å². The van der Waals surface area contributed by atoms with E-state index in [1.165, 1.54) is 24.3 Å². The number of methoxy groups -OCH3 is 1. The quantitative estimate of drug-likeness (QED) is 0.645. The number of carbonyl (C=O) groups is 2. The average Bonchev–Trinajstić information content (AvgIpc) is 2.59. The molecule has 0 aromatic heterocycles. The molecule has 0 fully saturated rings. The van der Waals surface area contributed by atoms with Crippen LogP contribution < -0.4 is 10.1 Å². The molecule has 0 aliphatic rings. The van der Waals surface area contributed by atoms with Crippen molar-refractivity contribution in [3.05, 3.63) is 64.7 Å². The number of aromatic carboxylic acids is 1. The summed E-state index contributed by atoms with van der Waals surface area (Å²) in [7, 11) is 1.57. The number of carbonyl (C=O) groups excluding carboxylic acids is 1. The van der Waals surface area contributed by atoms with Crippen molar-refractivity contribution in [1.29, 1.82) is 5.26 Å². The maximum absolute atomic E-state index is 12.3. The standard InChI is InChI=1S/C19H16N2O4/c1-12-8-13(6-7-17(12)25-2)9-15(11-20)18(22)21-16-5-3-4-14(10-16)19(23)24/h3-10H,1-2H3,(H,21,22)(H,23,24)/b15-9-. The van der Waals surface area contributed by atoms with Gasteiger partial charge in [0, 0.05) is 5.69 Å². The van der Waals surface area contributed by atoms with E-state index in [-0.39, 0.29) is 11.1 Å². The Bertz CT molecular complexity index is 895. The van der Waals surface area contributed by atoms with Gasteiger partial charge in [0.05, 0.1) is 12.7 Å². The molecule has 0 saturated carbocycles. The topological polar surface area (TPSA) is 99.4 Å². The molecule has 126 valence electrons. The van der Waals surface area contributed by atoms with Crippen LogP contribution in [0, 0.1) is 18.3 Å². The number of nitrogens with one attached hydrogen (secondary N) is 1. The average molecular weight is 336 g/mol. The third-order valence-corrected chi connectivity index (χ3v) is 3.46. The number of rotatable bonds is 5. The van der Waals surface area contributed by atoms with Crippen molar-refractivity contribution in [1.82, 2.24) is 0 Å². The Morgan fingerprint density at radius 2 is 2.00 bits per heavy atom. The van der Waals surface area contributed by atoms with Gasteiger partial charge in [0.1, 0.15) is 17.4 Å². The molecule has 2 rings (SSSR count). The Hall–Kier alpha value is -3.59. The second-order valence-electron chi connectivity index (χ2n) is 5.24. The fourth-order valence-corrected chi connectivity index (χ4v) is 2.24. The summed E-state index contributed by atoms with van der Waals surface area (Å²) in [6, 6.07) is 13.0. The highest BCUT2D eigenvalue weighted by Gasteiger charge is 2.11. The zero-order valence-electron chi connectivity index (χ0n) is 13.7. The number of carboxylic acids is 1. The predicted octanol–water partition coefficient (Wildman–Crippen LogP) is 3.25. The Balaban J connectivity index is 2.24. The number of carboxylic acid groups (broad SMARTS) is 1. The van der Waals surface area contributed by atoms with Crippen molar-refractivity contribution in [2.45, 2.75) is 6.92 Å². The minimum Gasteiger partial charge on any atom is -0.496 e. The fraction of sp³-hybridized carbons (Fsp3) is 0.105. The summed E-state index contributed by atoms with van der Waals surface area (Å²) < 4.78 is 5.18. The van der Waals surface area contributed by atoms with E-state index in [0.29, 0.717) is 17.0 Å². The molecule has 2 N–H and O–H groups in total. The van der Waals surface area contributed by atoms with Gasteiger partial charge in [0.25, 0.3) is 5.91 Å². The molecule has 2 aromatic carbocycles. The van der Waals surface area contributed by atoms with Gasteiger partial charge in [-0.1, -0.05) is 12.1 Å². The molecule has 6 nitrogen and oxygen atoms in total. The lowest BCUT2D eigenvalue weighted by molar-refractivity contribution is -0.112. The van der Waals surface area contributed by atoms with Crippen LogP contribution in [0.5, 0.6) is 5.75 Å². The van der Waals surface area contributed by atoms with Gasteiger partial charge in [-0.2, -0.15) is 5.26 Å². The predicted molar refractivity (Wildman–Crippen MR) is 93.4 cm³/mol. The van der Waals surface area contributed by atoms with Gasteiger partial charge in [0.2, 0.25) is 0 Å². The summed E-state index contributed by atoms with van der Waals surface area (Å²) in [6.45, 7) is 1.86. The van der Waals surface area contributed by atoms with Crippen molar-refractivity contribution in [2.24, 2.45) is 0 Å². The van der Waals surface area contributed by atoms with Crippen LogP contribution >= 0.6 is 0 Å². The third-order valence-electron chi connectivity index (χ3n) is 3.46. The van der Waals surface area contributed by atoms with Crippen LogP contribution in [-0.2, 0) is 4.79 Å². The number of ether oxygens (including phenoxy) is 1. The Kier molecular flexibility index (Phi) is 5.54. The van der Waals surface area contributed by atoms with Gasteiger partial charge in [-0.25, -0.2) is 4.79 Å². The summed E-state index contributed by atoms with van der Waals surface area (Å²) in [5.41, 5.74) is 1.82. The van der Waals surface area contributed by atoms with Crippen LogP contribution in [0.2, 0.25) is 0 Å². The zero-order valence-corrected chi connectivity index (χ0v) is 13.7. The first-order valence-corrected chi connectivity index (χ1v) is 7.35. The lowest BCUT2D eigenvalue weighted by Gasteiger charge is -2.07. The van der Waals surface area contributed by atoms with Crippen molar-refractivity contribution in [2.75, 3.05) is 12.4 Å². The highest BCUT2D eigenvalue weighted by atomic mass is 16.5. The van der Waals surface area contributed by atoms with E-state index in [0.717, 1.165) is 5.56 Å². The number of nitriles is 1. The monoisotopic (exact) mass is 336 g/mol. The van der Waals surface area contributed by atoms with Crippen LogP contribution in [0.25, 0.3) is 6.08 Å². The summed E-state index contributed by atoms with van der Waals surface area (Å²) in [5, 5.41) is 20.8. The molecule has 0 heterocycles. The van der Waals surface area contributed by atoms with Crippen molar-refractivity contribution in [3.63, 3.8) is 0 Å². The Morgan fingerprint density at radius 1 is 1.24 bits per heavy atom. The largest absolute Gasteiger partial charge is 0.496 e. The van der Waals surface area contributed by atoms with E-state index in [4.69, 9.17) is 9.84 Å². The lowest BCUT2D eigenvalue weighted by Crippen LogP contribution is -2.14. The molecule has 0 bridgehead atoms. The molecule has 0 atom stereocenters. The van der Waals surface area contributed by atoms with Crippen LogP contribution in [0.1, 0.15) is 21.5 Å². The highest BCUT2D eigenvalue weighted by Crippen LogP contribution is 2.20. The summed E-state index contributed by atoms with van der Waals surface area (Å²) >= 11 is 0. The van der Waals surface area contributed by atoms with Crippen LogP contribution in [0.3, 0.4) is 0 Å². The number of anilines is 1. The molecule has 2 aromatic rings. The van der Waals surface area contributed by atoms with E-state index in [2.05, 4.69) is 5.32 Å². The lowest BCUT2D eigenvalue weighted by atomic mass is 10.1. The second kappa shape index (κ2) is 7.79. The maximum Gasteiger partial charge on any atom is 0.335 e. The van der Waals surface area contributed by atoms with Crippen molar-refractivity contribution in [3.8, 4) is 11.8 Å². The molecule has 1 amide bonds. The number of hydrogen-bond acceptors (Lipinski definition) is 4. The van der Waals surface area contributed by atoms with Gasteiger partial charge in [0.15, 0.2) is 0 Å². The minimum atomic E-state index is -1.10. The van der Waals surface area contributed by atoms with Crippen molar-refractivity contribution >= 4 is 23.6 Å². The Morgan fingerprint density at radius 3 is 2.60 bits per heavy atom. The van der Waals surface area contributed by atoms with E-state index in [1.54, 1.807) is 31.4 Å². The molecule has 0 radical (unpaired) electrons. The van der Waals surface area contributed by atoms with Gasteiger partial charge in [-0.3, -0.25) is 4.79 Å². The number of hydrogen-bond donors (Lipinski definition) is 2. The summed E-state index contributed by atoms with van der Waals surface area (Å²) in [4.78, 5) is 23.2. The van der Waals surface area contributed by atoms with Gasteiger partial charge < -0.3 is 15.2 Å². The molecular weight excluding hydrogens is 320 g/mol. The molecule has 0 aliphatic heterocycles. The summed E-state index contributed by atoms with van der Waals surface area (Å²) in [5.74, 6) is -0.995. The first-order chi connectivity index (χ1) is 11.9. The van der Waals surface area contributed by atoms with Crippen molar-refractivity contribution < 1.29 is 19.4 Å². The molecule has 0 spiro atoms. The molecule has 0 unspecified atom stereocenters. The number of benzene rings is 2. The fourth-order valence-electron chi connectivity index (χ4n) is 2.24. The van der Waals surface area contributed by atoms with Gasteiger partial charge in [-0.15, -0.1) is 0 Å². The zero-order chi connectivity index (χ0) is 18.4.